The molecule has 1 aliphatic heterocycles. The number of halogens is 1. The number of benzene rings is 1. The van der Waals surface area contributed by atoms with E-state index < -0.39 is 20.9 Å². The molecule has 4 nitrogen and oxygen atoms in total. The molecule has 3 atom stereocenters. The van der Waals surface area contributed by atoms with Gasteiger partial charge in [0.05, 0.1) is 17.6 Å². The summed E-state index contributed by atoms with van der Waals surface area (Å²) in [7, 11) is -3.53. The van der Waals surface area contributed by atoms with Crippen LogP contribution in [-0.2, 0) is 19.3 Å². The molecule has 0 N–H and O–H groups in total. The van der Waals surface area contributed by atoms with E-state index in [1.807, 2.05) is 20.8 Å². The first-order chi connectivity index (χ1) is 10.7. The summed E-state index contributed by atoms with van der Waals surface area (Å²) >= 11 is 7.83. The van der Waals surface area contributed by atoms with Crippen LogP contribution in [0.4, 0.5) is 0 Å². The number of sulfone groups is 1. The molecule has 0 spiro atoms. The summed E-state index contributed by atoms with van der Waals surface area (Å²) < 4.78 is 38.1. The molecule has 130 valence electrons. The third-order valence-electron chi connectivity index (χ3n) is 4.08. The van der Waals surface area contributed by atoms with Crippen molar-refractivity contribution in [2.45, 2.75) is 60.9 Å². The van der Waals surface area contributed by atoms with Crippen molar-refractivity contribution in [3.05, 3.63) is 28.7 Å². The minimum Gasteiger partial charge on any atom is -0.376 e. The van der Waals surface area contributed by atoms with Crippen LogP contribution < -0.4 is 0 Å². The van der Waals surface area contributed by atoms with Crippen molar-refractivity contribution in [2.75, 3.05) is 6.61 Å². The second-order valence-corrected chi connectivity index (χ2v) is 9.96. The molecule has 2 rings (SSSR count). The quantitative estimate of drug-likeness (QED) is 0.707. The first kappa shape index (κ1) is 19.2. The van der Waals surface area contributed by atoms with E-state index in [0.29, 0.717) is 19.4 Å². The van der Waals surface area contributed by atoms with Crippen molar-refractivity contribution in [3.8, 4) is 0 Å². The van der Waals surface area contributed by atoms with Gasteiger partial charge in [0.15, 0.2) is 5.44 Å². The first-order valence-electron chi connectivity index (χ1n) is 7.64. The number of hydrogen-bond acceptors (Lipinski definition) is 5. The molecule has 1 aliphatic rings. The van der Waals surface area contributed by atoms with Gasteiger partial charge in [-0.25, -0.2) is 8.42 Å². The third-order valence-corrected chi connectivity index (χ3v) is 7.03. The van der Waals surface area contributed by atoms with E-state index in [9.17, 15) is 8.42 Å². The zero-order valence-electron chi connectivity index (χ0n) is 13.5. The van der Waals surface area contributed by atoms with Gasteiger partial charge in [0.2, 0.25) is 9.84 Å². The molecule has 1 saturated heterocycles. The van der Waals surface area contributed by atoms with Crippen molar-refractivity contribution >= 4 is 38.4 Å². The molecular weight excluding hydrogens is 400 g/mol. The van der Waals surface area contributed by atoms with Crippen molar-refractivity contribution in [3.63, 3.8) is 0 Å². The van der Waals surface area contributed by atoms with Crippen LogP contribution in [0, 0.1) is 0 Å². The summed E-state index contributed by atoms with van der Waals surface area (Å²) in [6.45, 7) is 6.16. The highest BCUT2D eigenvalue weighted by Crippen LogP contribution is 2.40. The van der Waals surface area contributed by atoms with Gasteiger partial charge in [0, 0.05) is 9.72 Å². The predicted octanol–water partition coefficient (Wildman–Crippen LogP) is 3.84. The summed E-state index contributed by atoms with van der Waals surface area (Å²) in [4.78, 5) is 0.276. The monoisotopic (exact) mass is 422 g/mol. The van der Waals surface area contributed by atoms with Crippen molar-refractivity contribution in [2.24, 2.45) is 0 Å². The largest absolute Gasteiger partial charge is 0.376 e. The lowest BCUT2D eigenvalue weighted by Gasteiger charge is -2.33. The van der Waals surface area contributed by atoms with Crippen LogP contribution in [0.5, 0.6) is 0 Å². The standard InChI is InChI=1S/C16H23BrO4S2/c1-11(2)20-10-16(12(3)22)9-8-15(21-16)23(18,19)14-6-4-13(17)5-7-14/h4-7,11-12,15,22H,8-10H2,1-3H3/t12?,15?,16-/m0/s1. The van der Waals surface area contributed by atoms with Gasteiger partial charge in [-0.15, -0.1) is 0 Å². The zero-order chi connectivity index (χ0) is 17.3. The van der Waals surface area contributed by atoms with Crippen molar-refractivity contribution in [1.29, 1.82) is 0 Å². The lowest BCUT2D eigenvalue weighted by Crippen LogP contribution is -2.44. The van der Waals surface area contributed by atoms with Gasteiger partial charge in [-0.1, -0.05) is 22.9 Å². The fourth-order valence-corrected chi connectivity index (χ4v) is 4.67. The summed E-state index contributed by atoms with van der Waals surface area (Å²) in [6, 6.07) is 6.63. The number of ether oxygens (including phenoxy) is 2. The fraction of sp³-hybridized carbons (Fsp3) is 0.625. The van der Waals surface area contributed by atoms with Crippen molar-refractivity contribution < 1.29 is 17.9 Å². The Morgan fingerprint density at radius 2 is 1.96 bits per heavy atom. The molecule has 7 heteroatoms. The van der Waals surface area contributed by atoms with Gasteiger partial charge >= 0.3 is 0 Å². The van der Waals surface area contributed by atoms with Crippen LogP contribution in [0.3, 0.4) is 0 Å². The highest BCUT2D eigenvalue weighted by Gasteiger charge is 2.48. The van der Waals surface area contributed by atoms with Gasteiger partial charge in [0.1, 0.15) is 5.60 Å². The van der Waals surface area contributed by atoms with E-state index in [1.54, 1.807) is 24.3 Å². The Bertz CT molecular complexity index is 628. The highest BCUT2D eigenvalue weighted by atomic mass is 79.9. The summed E-state index contributed by atoms with van der Waals surface area (Å²) in [6.07, 6.45) is 1.12. The van der Waals surface area contributed by atoms with E-state index in [2.05, 4.69) is 28.6 Å². The minimum atomic E-state index is -3.53. The van der Waals surface area contributed by atoms with Crippen molar-refractivity contribution in [1.82, 2.24) is 0 Å². The smallest absolute Gasteiger partial charge is 0.205 e. The van der Waals surface area contributed by atoms with E-state index in [0.717, 1.165) is 4.47 Å². The molecule has 1 fully saturated rings. The maximum absolute atomic E-state index is 12.8. The predicted molar refractivity (Wildman–Crippen MR) is 97.7 cm³/mol. The van der Waals surface area contributed by atoms with E-state index >= 15 is 0 Å². The average Bonchev–Trinajstić information content (AvgIpc) is 2.92. The maximum atomic E-state index is 12.8. The lowest BCUT2D eigenvalue weighted by atomic mass is 9.97. The SMILES string of the molecule is CC(C)OC[C@]1(C(C)S)CCC(S(=O)(=O)c2ccc(Br)cc2)O1. The summed E-state index contributed by atoms with van der Waals surface area (Å²) in [5.41, 5.74) is -1.52. The molecule has 0 radical (unpaired) electrons. The molecule has 1 aromatic carbocycles. The fourth-order valence-electron chi connectivity index (χ4n) is 2.58. The van der Waals surface area contributed by atoms with Crippen LogP contribution >= 0.6 is 28.6 Å². The molecule has 23 heavy (non-hydrogen) atoms. The molecule has 1 heterocycles. The molecule has 0 aromatic heterocycles. The summed E-state index contributed by atoms with van der Waals surface area (Å²) in [5.74, 6) is 0. The Morgan fingerprint density at radius 1 is 1.35 bits per heavy atom. The Balaban J connectivity index is 2.20. The molecule has 0 bridgehead atoms. The second kappa shape index (κ2) is 7.44. The molecule has 0 amide bonds. The van der Waals surface area contributed by atoms with Gasteiger partial charge in [-0.2, -0.15) is 12.6 Å². The van der Waals surface area contributed by atoms with Gasteiger partial charge in [-0.3, -0.25) is 0 Å². The maximum Gasteiger partial charge on any atom is 0.205 e. The van der Waals surface area contributed by atoms with Crippen LogP contribution in [0.2, 0.25) is 0 Å². The van der Waals surface area contributed by atoms with Gasteiger partial charge in [-0.05, 0) is 51.0 Å². The van der Waals surface area contributed by atoms with Gasteiger partial charge in [0.25, 0.3) is 0 Å². The highest BCUT2D eigenvalue weighted by molar-refractivity contribution is 9.10. The molecule has 0 saturated carbocycles. The van der Waals surface area contributed by atoms with E-state index in [4.69, 9.17) is 9.47 Å². The molecule has 0 aliphatic carbocycles. The minimum absolute atomic E-state index is 0.0599. The van der Waals surface area contributed by atoms with Crippen LogP contribution in [-0.4, -0.2) is 37.4 Å². The lowest BCUT2D eigenvalue weighted by molar-refractivity contribution is -0.0847. The normalized spacial score (nSPS) is 26.6. The average molecular weight is 423 g/mol. The van der Waals surface area contributed by atoms with E-state index in [-0.39, 0.29) is 16.2 Å². The number of rotatable bonds is 6. The number of hydrogen-bond donors (Lipinski definition) is 1. The van der Waals surface area contributed by atoms with Crippen LogP contribution in [0.1, 0.15) is 33.6 Å². The Kier molecular flexibility index (Phi) is 6.22. The van der Waals surface area contributed by atoms with E-state index in [1.165, 1.54) is 0 Å². The Hall–Kier alpha value is -0.0800. The van der Waals surface area contributed by atoms with Crippen LogP contribution in [0.25, 0.3) is 0 Å². The molecule has 2 unspecified atom stereocenters. The Labute approximate surface area is 152 Å². The van der Waals surface area contributed by atoms with Gasteiger partial charge < -0.3 is 9.47 Å². The second-order valence-electron chi connectivity index (χ2n) is 6.19. The Morgan fingerprint density at radius 3 is 2.48 bits per heavy atom. The first-order valence-corrected chi connectivity index (χ1v) is 10.5. The van der Waals surface area contributed by atoms with Crippen LogP contribution in [0.15, 0.2) is 33.6 Å². The summed E-state index contributed by atoms with van der Waals surface area (Å²) in [5, 5.41) is -0.119. The third kappa shape index (κ3) is 4.31. The molecular formula is C16H23BrO4S2. The zero-order valence-corrected chi connectivity index (χ0v) is 16.8. The molecule has 1 aromatic rings. The topological polar surface area (TPSA) is 52.6 Å². The number of thiol groups is 1.